The molecule has 0 aliphatic heterocycles. The molecule has 0 saturated heterocycles. The first-order valence-corrected chi connectivity index (χ1v) is 14.3. The van der Waals surface area contributed by atoms with Gasteiger partial charge in [0.25, 0.3) is 0 Å². The van der Waals surface area contributed by atoms with Crippen molar-refractivity contribution in [3.8, 4) is 11.5 Å². The van der Waals surface area contributed by atoms with Gasteiger partial charge in [0.05, 0.1) is 26.2 Å². The summed E-state index contributed by atoms with van der Waals surface area (Å²) in [5, 5.41) is 3.58. The number of hydrogen-bond donors (Lipinski definition) is 1. The van der Waals surface area contributed by atoms with E-state index in [0.29, 0.717) is 10.8 Å². The smallest absolute Gasteiger partial charge is 0.244 e. The summed E-state index contributed by atoms with van der Waals surface area (Å²) in [6, 6.07) is 10.8. The van der Waals surface area contributed by atoms with Gasteiger partial charge in [-0.2, -0.15) is 0 Å². The molecule has 2 amide bonds. The topological polar surface area (TPSA) is 105 Å². The Morgan fingerprint density at radius 3 is 2.30 bits per heavy atom. The van der Waals surface area contributed by atoms with Crippen molar-refractivity contribution in [2.45, 2.75) is 51.2 Å². The Morgan fingerprint density at radius 2 is 1.73 bits per heavy atom. The summed E-state index contributed by atoms with van der Waals surface area (Å²) in [5.41, 5.74) is 0.944. The van der Waals surface area contributed by atoms with Gasteiger partial charge < -0.3 is 19.7 Å². The van der Waals surface area contributed by atoms with Crippen LogP contribution >= 0.6 is 11.6 Å². The van der Waals surface area contributed by atoms with Crippen LogP contribution in [-0.4, -0.2) is 64.2 Å². The number of hydrogen-bond acceptors (Lipinski definition) is 6. The molecule has 0 spiro atoms. The molecule has 0 aromatic heterocycles. The minimum atomic E-state index is -3.89. The molecular weight excluding hydrogens is 518 g/mol. The number of carbonyl (C=O) groups excluding carboxylic acids is 2. The van der Waals surface area contributed by atoms with Gasteiger partial charge in [0.1, 0.15) is 24.1 Å². The summed E-state index contributed by atoms with van der Waals surface area (Å²) in [4.78, 5) is 28.2. The van der Waals surface area contributed by atoms with Crippen LogP contribution in [0.5, 0.6) is 11.5 Å². The van der Waals surface area contributed by atoms with E-state index in [1.165, 1.54) is 25.2 Å². The molecule has 37 heavy (non-hydrogen) atoms. The fraction of sp³-hybridized carbons (Fsp3) is 0.462. The summed E-state index contributed by atoms with van der Waals surface area (Å²) in [6.07, 6.45) is 4.94. The molecule has 3 rings (SSSR count). The molecule has 1 aliphatic carbocycles. The third-order valence-corrected chi connectivity index (χ3v) is 7.85. The van der Waals surface area contributed by atoms with Gasteiger partial charge in [0.2, 0.25) is 21.8 Å². The van der Waals surface area contributed by atoms with Crippen LogP contribution in [0, 0.1) is 0 Å². The summed E-state index contributed by atoms with van der Waals surface area (Å²) in [6.45, 7) is 1.24. The van der Waals surface area contributed by atoms with Crippen molar-refractivity contribution in [2.75, 3.05) is 31.3 Å². The molecular formula is C26H34ClN3O6S. The van der Waals surface area contributed by atoms with E-state index in [1.54, 1.807) is 43.3 Å². The standard InChI is InChI=1S/C26H34ClN3O6S/c1-18(26(32)28-21-7-5-6-8-21)29(16-19-9-11-20(27)12-10-19)25(31)17-30(37(4,33)34)23-14-13-22(35-2)15-24(23)36-3/h9-15,18,21H,5-8,16-17H2,1-4H3,(H,28,32)/t18-/m0/s1. The maximum Gasteiger partial charge on any atom is 0.244 e. The van der Waals surface area contributed by atoms with Gasteiger partial charge in [0, 0.05) is 23.7 Å². The zero-order valence-electron chi connectivity index (χ0n) is 21.6. The van der Waals surface area contributed by atoms with Crippen LogP contribution in [0.25, 0.3) is 0 Å². The number of anilines is 1. The number of rotatable bonds is 11. The predicted octanol–water partition coefficient (Wildman–Crippen LogP) is 3.60. The van der Waals surface area contributed by atoms with Crippen LogP contribution in [0.15, 0.2) is 42.5 Å². The predicted molar refractivity (Wildman–Crippen MR) is 144 cm³/mol. The second-order valence-electron chi connectivity index (χ2n) is 9.12. The van der Waals surface area contributed by atoms with E-state index in [1.807, 2.05) is 0 Å². The summed E-state index contributed by atoms with van der Waals surface area (Å²) >= 11 is 6.02. The normalized spacial score (nSPS) is 14.6. The van der Waals surface area contributed by atoms with E-state index in [9.17, 15) is 18.0 Å². The maximum atomic E-state index is 13.7. The van der Waals surface area contributed by atoms with Crippen LogP contribution in [0.4, 0.5) is 5.69 Å². The quantitative estimate of drug-likeness (QED) is 0.457. The molecule has 1 N–H and O–H groups in total. The van der Waals surface area contributed by atoms with E-state index >= 15 is 0 Å². The fourth-order valence-corrected chi connectivity index (χ4v) is 5.33. The average Bonchev–Trinajstić information content (AvgIpc) is 3.38. The molecule has 202 valence electrons. The van der Waals surface area contributed by atoms with Crippen LogP contribution in [-0.2, 0) is 26.2 Å². The molecule has 1 atom stereocenters. The van der Waals surface area contributed by atoms with Gasteiger partial charge in [0.15, 0.2) is 0 Å². The Balaban J connectivity index is 1.92. The minimum Gasteiger partial charge on any atom is -0.497 e. The highest BCUT2D eigenvalue weighted by molar-refractivity contribution is 7.92. The van der Waals surface area contributed by atoms with Crippen molar-refractivity contribution in [2.24, 2.45) is 0 Å². The Hall–Kier alpha value is -2.98. The number of nitrogens with one attached hydrogen (secondary N) is 1. The molecule has 0 radical (unpaired) electrons. The van der Waals surface area contributed by atoms with Crippen LogP contribution in [0.3, 0.4) is 0 Å². The number of methoxy groups -OCH3 is 2. The lowest BCUT2D eigenvalue weighted by atomic mass is 10.1. The first kappa shape index (κ1) is 28.6. The van der Waals surface area contributed by atoms with E-state index in [-0.39, 0.29) is 29.9 Å². The molecule has 1 saturated carbocycles. The average molecular weight is 552 g/mol. The highest BCUT2D eigenvalue weighted by atomic mass is 35.5. The van der Waals surface area contributed by atoms with Crippen molar-refractivity contribution in [1.82, 2.24) is 10.2 Å². The Morgan fingerprint density at radius 1 is 1.08 bits per heavy atom. The second-order valence-corrected chi connectivity index (χ2v) is 11.5. The highest BCUT2D eigenvalue weighted by Gasteiger charge is 2.32. The number of benzene rings is 2. The van der Waals surface area contributed by atoms with Crippen LogP contribution in [0.2, 0.25) is 5.02 Å². The number of sulfonamides is 1. The number of carbonyl (C=O) groups is 2. The molecule has 0 bridgehead atoms. The first-order chi connectivity index (χ1) is 17.5. The summed E-state index contributed by atoms with van der Waals surface area (Å²) < 4.78 is 37.2. The molecule has 11 heteroatoms. The lowest BCUT2D eigenvalue weighted by Gasteiger charge is -2.32. The first-order valence-electron chi connectivity index (χ1n) is 12.1. The number of nitrogens with zero attached hydrogens (tertiary/aromatic N) is 2. The van der Waals surface area contributed by atoms with Gasteiger partial charge in [-0.3, -0.25) is 13.9 Å². The van der Waals surface area contributed by atoms with Gasteiger partial charge in [-0.05, 0) is 49.6 Å². The van der Waals surface area contributed by atoms with Crippen molar-refractivity contribution in [3.63, 3.8) is 0 Å². The minimum absolute atomic E-state index is 0.0820. The Kier molecular flexibility index (Phi) is 9.67. The van der Waals surface area contributed by atoms with E-state index in [4.69, 9.17) is 21.1 Å². The zero-order valence-corrected chi connectivity index (χ0v) is 23.1. The van der Waals surface area contributed by atoms with Gasteiger partial charge in [-0.25, -0.2) is 8.42 Å². The van der Waals surface area contributed by atoms with Gasteiger partial charge >= 0.3 is 0 Å². The number of ether oxygens (including phenoxy) is 2. The lowest BCUT2D eigenvalue weighted by Crippen LogP contribution is -2.52. The van der Waals surface area contributed by atoms with E-state index < -0.39 is 28.5 Å². The van der Waals surface area contributed by atoms with Gasteiger partial charge in [-0.15, -0.1) is 0 Å². The molecule has 0 heterocycles. The van der Waals surface area contributed by atoms with Crippen LogP contribution in [0.1, 0.15) is 38.2 Å². The Labute approximate surface area is 223 Å². The van der Waals surface area contributed by atoms with Crippen molar-refractivity contribution >= 4 is 39.1 Å². The molecule has 0 unspecified atom stereocenters. The third kappa shape index (κ3) is 7.52. The van der Waals surface area contributed by atoms with Crippen molar-refractivity contribution in [1.29, 1.82) is 0 Å². The van der Waals surface area contributed by atoms with Crippen molar-refractivity contribution in [3.05, 3.63) is 53.1 Å². The zero-order chi connectivity index (χ0) is 27.2. The number of amides is 2. The maximum absolute atomic E-state index is 13.7. The molecule has 2 aromatic carbocycles. The monoisotopic (exact) mass is 551 g/mol. The summed E-state index contributed by atoms with van der Waals surface area (Å²) in [7, 11) is -1.00. The highest BCUT2D eigenvalue weighted by Crippen LogP contribution is 2.33. The SMILES string of the molecule is COc1ccc(N(CC(=O)N(Cc2ccc(Cl)cc2)[C@@H](C)C(=O)NC2CCCC2)S(C)(=O)=O)c(OC)c1. The molecule has 1 fully saturated rings. The fourth-order valence-electron chi connectivity index (χ4n) is 4.35. The Bertz CT molecular complexity index is 1200. The lowest BCUT2D eigenvalue weighted by molar-refractivity contribution is -0.139. The summed E-state index contributed by atoms with van der Waals surface area (Å²) in [5.74, 6) is -0.106. The van der Waals surface area contributed by atoms with Gasteiger partial charge in [-0.1, -0.05) is 36.6 Å². The molecule has 9 nitrogen and oxygen atoms in total. The second kappa shape index (κ2) is 12.5. The number of halogens is 1. The molecule has 1 aliphatic rings. The van der Waals surface area contributed by atoms with E-state index in [2.05, 4.69) is 5.32 Å². The van der Waals surface area contributed by atoms with E-state index in [0.717, 1.165) is 41.8 Å². The van der Waals surface area contributed by atoms with Crippen molar-refractivity contribution < 1.29 is 27.5 Å². The third-order valence-electron chi connectivity index (χ3n) is 6.47. The van der Waals surface area contributed by atoms with Crippen LogP contribution < -0.4 is 19.1 Å². The largest absolute Gasteiger partial charge is 0.497 e. The molecule has 2 aromatic rings.